The molecular weight excluding hydrogens is 340 g/mol. The minimum absolute atomic E-state index is 0.252. The molecule has 1 heterocycles. The molecule has 2 aromatic carbocycles. The number of methoxy groups -OCH3 is 1. The lowest BCUT2D eigenvalue weighted by Crippen LogP contribution is -2.13. The van der Waals surface area contributed by atoms with Gasteiger partial charge >= 0.3 is 0 Å². The Morgan fingerprint density at radius 1 is 1.04 bits per heavy atom. The van der Waals surface area contributed by atoms with Crippen LogP contribution in [0.25, 0.3) is 0 Å². The summed E-state index contributed by atoms with van der Waals surface area (Å²) in [5.41, 5.74) is 0.876. The van der Waals surface area contributed by atoms with Gasteiger partial charge in [-0.05, 0) is 48.5 Å². The molecule has 5 nitrogen and oxygen atoms in total. The second-order valence-corrected chi connectivity index (χ2v) is 5.53. The van der Waals surface area contributed by atoms with E-state index in [1.165, 1.54) is 12.3 Å². The maximum Gasteiger partial charge on any atom is 0.274 e. The first-order chi connectivity index (χ1) is 12.2. The number of hydrogen-bond donors (Lipinski definition) is 1. The molecule has 25 heavy (non-hydrogen) atoms. The van der Waals surface area contributed by atoms with E-state index in [0.717, 1.165) is 0 Å². The van der Waals surface area contributed by atoms with E-state index in [-0.39, 0.29) is 11.6 Å². The van der Waals surface area contributed by atoms with Gasteiger partial charge in [-0.2, -0.15) is 0 Å². The standard InChI is InChI=1S/C19H15ClN2O3/c1-24-17-4-2-3-5-18(17)25-15-8-6-14(7-9-15)22-19(23)16-12-13(20)10-11-21-16/h2-12H,1H3,(H,22,23). The number of carbonyl (C=O) groups excluding carboxylic acids is 1. The molecule has 0 aliphatic heterocycles. The summed E-state index contributed by atoms with van der Waals surface area (Å²) in [6.45, 7) is 0. The molecule has 0 saturated carbocycles. The third-order valence-electron chi connectivity index (χ3n) is 3.36. The molecule has 0 radical (unpaired) electrons. The van der Waals surface area contributed by atoms with Gasteiger partial charge in [0.1, 0.15) is 11.4 Å². The molecule has 0 atom stereocenters. The van der Waals surface area contributed by atoms with Gasteiger partial charge in [-0.15, -0.1) is 0 Å². The summed E-state index contributed by atoms with van der Waals surface area (Å²) < 4.78 is 11.0. The molecule has 0 unspecified atom stereocenters. The highest BCUT2D eigenvalue weighted by atomic mass is 35.5. The average Bonchev–Trinajstić information content (AvgIpc) is 2.64. The zero-order valence-electron chi connectivity index (χ0n) is 13.4. The molecule has 3 rings (SSSR count). The fraction of sp³-hybridized carbons (Fsp3) is 0.0526. The molecule has 1 amide bonds. The number of amides is 1. The van der Waals surface area contributed by atoms with Gasteiger partial charge in [-0.1, -0.05) is 23.7 Å². The number of nitrogens with zero attached hydrogens (tertiary/aromatic N) is 1. The fourth-order valence-corrected chi connectivity index (χ4v) is 2.32. The number of halogens is 1. The van der Waals surface area contributed by atoms with E-state index < -0.39 is 0 Å². The largest absolute Gasteiger partial charge is 0.493 e. The summed E-state index contributed by atoms with van der Waals surface area (Å²) in [7, 11) is 1.59. The number of nitrogens with one attached hydrogen (secondary N) is 1. The summed E-state index contributed by atoms with van der Waals surface area (Å²) in [5, 5.41) is 3.22. The smallest absolute Gasteiger partial charge is 0.274 e. The first-order valence-corrected chi connectivity index (χ1v) is 7.87. The van der Waals surface area contributed by atoms with Crippen molar-refractivity contribution in [3.63, 3.8) is 0 Å². The Morgan fingerprint density at radius 2 is 1.76 bits per heavy atom. The van der Waals surface area contributed by atoms with Crippen molar-refractivity contribution in [1.82, 2.24) is 4.98 Å². The minimum Gasteiger partial charge on any atom is -0.493 e. The van der Waals surface area contributed by atoms with Crippen LogP contribution in [0.5, 0.6) is 17.2 Å². The van der Waals surface area contributed by atoms with E-state index in [9.17, 15) is 4.79 Å². The number of ether oxygens (including phenoxy) is 2. The van der Waals surface area contributed by atoms with Gasteiger partial charge in [0.05, 0.1) is 7.11 Å². The Hall–Kier alpha value is -3.05. The summed E-state index contributed by atoms with van der Waals surface area (Å²) in [4.78, 5) is 16.1. The van der Waals surface area contributed by atoms with E-state index in [1.807, 2.05) is 24.3 Å². The van der Waals surface area contributed by atoms with Crippen LogP contribution in [0.2, 0.25) is 5.02 Å². The Bertz CT molecular complexity index is 882. The third-order valence-corrected chi connectivity index (χ3v) is 3.60. The number of carbonyl (C=O) groups is 1. The quantitative estimate of drug-likeness (QED) is 0.715. The molecule has 0 aliphatic carbocycles. The monoisotopic (exact) mass is 354 g/mol. The lowest BCUT2D eigenvalue weighted by molar-refractivity contribution is 0.102. The second kappa shape index (κ2) is 7.68. The molecule has 0 aliphatic rings. The van der Waals surface area contributed by atoms with Crippen LogP contribution >= 0.6 is 11.6 Å². The maximum atomic E-state index is 12.1. The topological polar surface area (TPSA) is 60.5 Å². The highest BCUT2D eigenvalue weighted by Crippen LogP contribution is 2.31. The molecule has 0 spiro atoms. The molecule has 0 fully saturated rings. The normalized spacial score (nSPS) is 10.2. The van der Waals surface area contributed by atoms with Gasteiger partial charge < -0.3 is 14.8 Å². The van der Waals surface area contributed by atoms with Crippen LogP contribution < -0.4 is 14.8 Å². The summed E-state index contributed by atoms with van der Waals surface area (Å²) >= 11 is 5.87. The molecule has 6 heteroatoms. The SMILES string of the molecule is COc1ccccc1Oc1ccc(NC(=O)c2cc(Cl)ccn2)cc1. The average molecular weight is 355 g/mol. The number of para-hydroxylation sites is 2. The van der Waals surface area contributed by atoms with Crippen molar-refractivity contribution in [3.8, 4) is 17.2 Å². The van der Waals surface area contributed by atoms with Crippen molar-refractivity contribution >= 4 is 23.2 Å². The summed E-state index contributed by atoms with van der Waals surface area (Å²) in [6.07, 6.45) is 1.49. The maximum absolute atomic E-state index is 12.1. The lowest BCUT2D eigenvalue weighted by atomic mass is 10.2. The zero-order valence-corrected chi connectivity index (χ0v) is 14.2. The molecule has 0 saturated heterocycles. The lowest BCUT2D eigenvalue weighted by Gasteiger charge is -2.10. The van der Waals surface area contributed by atoms with Crippen LogP contribution in [0.15, 0.2) is 66.9 Å². The van der Waals surface area contributed by atoms with Crippen molar-refractivity contribution in [2.75, 3.05) is 12.4 Å². The van der Waals surface area contributed by atoms with E-state index in [1.54, 1.807) is 37.4 Å². The number of benzene rings is 2. The van der Waals surface area contributed by atoms with Crippen LogP contribution in [0, 0.1) is 0 Å². The molecule has 0 bridgehead atoms. The van der Waals surface area contributed by atoms with Gasteiger partial charge in [0, 0.05) is 16.9 Å². The van der Waals surface area contributed by atoms with Crippen LogP contribution in [0.1, 0.15) is 10.5 Å². The Morgan fingerprint density at radius 3 is 2.44 bits per heavy atom. The number of anilines is 1. The van der Waals surface area contributed by atoms with E-state index in [4.69, 9.17) is 21.1 Å². The Kier molecular flexibility index (Phi) is 5.16. The highest BCUT2D eigenvalue weighted by Gasteiger charge is 2.09. The van der Waals surface area contributed by atoms with Crippen LogP contribution in [-0.4, -0.2) is 18.0 Å². The molecule has 1 aromatic heterocycles. The zero-order chi connectivity index (χ0) is 17.6. The highest BCUT2D eigenvalue weighted by molar-refractivity contribution is 6.30. The predicted molar refractivity (Wildman–Crippen MR) is 96.7 cm³/mol. The predicted octanol–water partition coefficient (Wildman–Crippen LogP) is 4.79. The molecule has 126 valence electrons. The molecule has 3 aromatic rings. The Labute approximate surface area is 150 Å². The summed E-state index contributed by atoms with van der Waals surface area (Å²) in [5.74, 6) is 1.56. The Balaban J connectivity index is 1.69. The van der Waals surface area contributed by atoms with Crippen LogP contribution in [0.3, 0.4) is 0 Å². The van der Waals surface area contributed by atoms with E-state index in [0.29, 0.717) is 28.0 Å². The van der Waals surface area contributed by atoms with Crippen molar-refractivity contribution in [2.45, 2.75) is 0 Å². The van der Waals surface area contributed by atoms with E-state index in [2.05, 4.69) is 10.3 Å². The van der Waals surface area contributed by atoms with Gasteiger partial charge in [0.2, 0.25) is 0 Å². The van der Waals surface area contributed by atoms with Gasteiger partial charge in [-0.25, -0.2) is 0 Å². The third kappa shape index (κ3) is 4.28. The first-order valence-electron chi connectivity index (χ1n) is 7.49. The molecular formula is C19H15ClN2O3. The van der Waals surface area contributed by atoms with Gasteiger partial charge in [-0.3, -0.25) is 9.78 Å². The van der Waals surface area contributed by atoms with Gasteiger partial charge in [0.15, 0.2) is 11.5 Å². The van der Waals surface area contributed by atoms with Crippen LogP contribution in [0.4, 0.5) is 5.69 Å². The number of hydrogen-bond acceptors (Lipinski definition) is 4. The second-order valence-electron chi connectivity index (χ2n) is 5.09. The number of aromatic nitrogens is 1. The van der Waals surface area contributed by atoms with Crippen molar-refractivity contribution in [3.05, 3.63) is 77.6 Å². The summed E-state index contributed by atoms with van der Waals surface area (Å²) in [6, 6.07) is 17.5. The van der Waals surface area contributed by atoms with Crippen molar-refractivity contribution in [2.24, 2.45) is 0 Å². The number of rotatable bonds is 5. The van der Waals surface area contributed by atoms with E-state index >= 15 is 0 Å². The van der Waals surface area contributed by atoms with Crippen molar-refractivity contribution < 1.29 is 14.3 Å². The van der Waals surface area contributed by atoms with Crippen molar-refractivity contribution in [1.29, 1.82) is 0 Å². The fourth-order valence-electron chi connectivity index (χ4n) is 2.16. The van der Waals surface area contributed by atoms with Gasteiger partial charge in [0.25, 0.3) is 5.91 Å². The molecule has 1 N–H and O–H groups in total. The minimum atomic E-state index is -0.333. The number of pyridine rings is 1. The van der Waals surface area contributed by atoms with Crippen LogP contribution in [-0.2, 0) is 0 Å². The first kappa shape index (κ1) is 16.8.